The van der Waals surface area contributed by atoms with Crippen molar-refractivity contribution >= 4 is 11.9 Å². The second kappa shape index (κ2) is 67.8. The van der Waals surface area contributed by atoms with Crippen molar-refractivity contribution in [1.29, 1.82) is 0 Å². The fourth-order valence-electron chi connectivity index (χ4n) is 11.3. The maximum Gasteiger partial charge on any atom is 0.305 e. The van der Waals surface area contributed by atoms with Crippen LogP contribution in [-0.4, -0.2) is 47.4 Å². The van der Waals surface area contributed by atoms with Crippen molar-refractivity contribution in [3.63, 3.8) is 0 Å². The molecule has 0 radical (unpaired) electrons. The van der Waals surface area contributed by atoms with E-state index in [0.29, 0.717) is 25.9 Å². The topological polar surface area (TPSA) is 95.9 Å². The van der Waals surface area contributed by atoms with Crippen LogP contribution in [0.2, 0.25) is 0 Å². The Morgan fingerprint density at radius 2 is 0.603 bits per heavy atom. The van der Waals surface area contributed by atoms with Crippen molar-refractivity contribution in [2.75, 3.05) is 13.2 Å². The first-order valence-electron chi connectivity index (χ1n) is 35.6. The van der Waals surface area contributed by atoms with Gasteiger partial charge in [-0.25, -0.2) is 0 Å². The average molecular weight is 1100 g/mol. The summed E-state index contributed by atoms with van der Waals surface area (Å²) in [6, 6.07) is -0.536. The van der Waals surface area contributed by atoms with Crippen molar-refractivity contribution in [2.45, 2.75) is 411 Å². The number of allylic oxidation sites excluding steroid dienone is 4. The number of hydrogen-bond acceptors (Lipinski definition) is 5. The monoisotopic (exact) mass is 1100 g/mol. The Kier molecular flexibility index (Phi) is 66.4. The molecule has 0 bridgehead atoms. The highest BCUT2D eigenvalue weighted by molar-refractivity contribution is 5.76. The van der Waals surface area contributed by atoms with E-state index >= 15 is 0 Å². The van der Waals surface area contributed by atoms with E-state index < -0.39 is 12.1 Å². The molecule has 0 heterocycles. The summed E-state index contributed by atoms with van der Waals surface area (Å²) in [5, 5.41) is 23.2. The molecule has 0 aliphatic rings. The van der Waals surface area contributed by atoms with Gasteiger partial charge in [-0.2, -0.15) is 0 Å². The van der Waals surface area contributed by atoms with Crippen LogP contribution in [0.15, 0.2) is 24.3 Å². The van der Waals surface area contributed by atoms with Gasteiger partial charge in [-0.05, 0) is 77.0 Å². The van der Waals surface area contributed by atoms with Crippen LogP contribution in [0.3, 0.4) is 0 Å². The molecule has 3 N–H and O–H groups in total. The van der Waals surface area contributed by atoms with Crippen molar-refractivity contribution in [2.24, 2.45) is 0 Å². The zero-order chi connectivity index (χ0) is 56.4. The molecule has 0 saturated heterocycles. The summed E-state index contributed by atoms with van der Waals surface area (Å²) in [6.07, 6.45) is 85.4. The van der Waals surface area contributed by atoms with E-state index in [1.165, 1.54) is 321 Å². The van der Waals surface area contributed by atoms with Gasteiger partial charge in [0.2, 0.25) is 5.91 Å². The minimum absolute atomic E-state index is 0.0126. The highest BCUT2D eigenvalue weighted by atomic mass is 16.5. The molecule has 1 amide bonds. The van der Waals surface area contributed by atoms with E-state index in [1.54, 1.807) is 0 Å². The Labute approximate surface area is 488 Å². The summed E-state index contributed by atoms with van der Waals surface area (Å²) in [5.74, 6) is -0.0175. The molecule has 0 fully saturated rings. The van der Waals surface area contributed by atoms with Gasteiger partial charge in [-0.3, -0.25) is 9.59 Å². The van der Waals surface area contributed by atoms with Crippen LogP contribution in [0, 0.1) is 0 Å². The molecule has 6 heteroatoms. The Hall–Kier alpha value is -1.66. The molecule has 0 aromatic rings. The predicted molar refractivity (Wildman–Crippen MR) is 343 cm³/mol. The van der Waals surface area contributed by atoms with Crippen molar-refractivity contribution in [3.05, 3.63) is 24.3 Å². The standard InChI is InChI=1S/C72H139NO5/c1-3-5-7-9-11-13-15-41-46-50-54-58-62-66-72(77)78-67-63-59-55-51-47-43-40-38-36-34-32-30-28-26-24-22-20-18-16-17-19-21-23-25-27-29-31-33-35-37-39-42-45-49-53-57-61-65-71(76)73-69(68-74)70(75)64-60-56-52-48-44-14-12-10-8-6-4-2/h13,15-16,18,69-70,74-75H,3-12,14,17,19-68H2,1-2H3,(H,73,76)/b15-13-,18-16-. The highest BCUT2D eigenvalue weighted by Crippen LogP contribution is 2.19. The van der Waals surface area contributed by atoms with Crippen molar-refractivity contribution < 1.29 is 24.5 Å². The van der Waals surface area contributed by atoms with Gasteiger partial charge >= 0.3 is 5.97 Å². The number of aliphatic hydroxyl groups is 2. The summed E-state index contributed by atoms with van der Waals surface area (Å²) < 4.78 is 5.48. The number of nitrogens with one attached hydrogen (secondary N) is 1. The van der Waals surface area contributed by atoms with E-state index in [4.69, 9.17) is 4.74 Å². The van der Waals surface area contributed by atoms with Crippen LogP contribution in [0.25, 0.3) is 0 Å². The van der Waals surface area contributed by atoms with Crippen LogP contribution in [0.5, 0.6) is 0 Å². The summed E-state index contributed by atoms with van der Waals surface area (Å²) in [6.45, 7) is 4.95. The quantitative estimate of drug-likeness (QED) is 0.0320. The molecular formula is C72H139NO5. The van der Waals surface area contributed by atoms with Gasteiger partial charge < -0.3 is 20.3 Å². The second-order valence-electron chi connectivity index (χ2n) is 24.6. The molecule has 462 valence electrons. The molecule has 2 atom stereocenters. The first-order valence-corrected chi connectivity index (χ1v) is 35.6. The Morgan fingerprint density at radius 1 is 0.346 bits per heavy atom. The van der Waals surface area contributed by atoms with Gasteiger partial charge in [0.1, 0.15) is 0 Å². The lowest BCUT2D eigenvalue weighted by Gasteiger charge is -2.22. The maximum absolute atomic E-state index is 12.5. The molecule has 78 heavy (non-hydrogen) atoms. The first kappa shape index (κ1) is 76.3. The Balaban J connectivity index is 3.31. The SMILES string of the molecule is CCCCCC/C=C\CCCCCCCC(=O)OCCCCCCCCCCCCCCCCCC/C=C\CCCCCCCCCCCCCCCCCCCC(=O)NC(CO)C(O)CCCCCCCCCCCCC. The van der Waals surface area contributed by atoms with Gasteiger partial charge in [0.25, 0.3) is 0 Å². The van der Waals surface area contributed by atoms with Crippen LogP contribution >= 0.6 is 0 Å². The van der Waals surface area contributed by atoms with E-state index in [0.717, 1.165) is 44.9 Å². The summed E-state index contributed by atoms with van der Waals surface area (Å²) in [7, 11) is 0. The molecule has 0 rings (SSSR count). The number of rotatable bonds is 67. The van der Waals surface area contributed by atoms with Crippen LogP contribution in [-0.2, 0) is 14.3 Å². The minimum Gasteiger partial charge on any atom is -0.466 e. The average Bonchev–Trinajstić information content (AvgIpc) is 3.44. The third-order valence-electron chi connectivity index (χ3n) is 16.7. The molecular weight excluding hydrogens is 959 g/mol. The predicted octanol–water partition coefficient (Wildman–Crippen LogP) is 22.9. The van der Waals surface area contributed by atoms with Crippen molar-refractivity contribution in [3.8, 4) is 0 Å². The smallest absolute Gasteiger partial charge is 0.305 e. The van der Waals surface area contributed by atoms with Crippen LogP contribution in [0.4, 0.5) is 0 Å². The van der Waals surface area contributed by atoms with Gasteiger partial charge in [-0.15, -0.1) is 0 Å². The summed E-state index contributed by atoms with van der Waals surface area (Å²) in [5.41, 5.74) is 0. The third-order valence-corrected chi connectivity index (χ3v) is 16.7. The number of carbonyl (C=O) groups is 2. The van der Waals surface area contributed by atoms with Gasteiger partial charge in [0.05, 0.1) is 25.4 Å². The molecule has 0 spiro atoms. The van der Waals surface area contributed by atoms with Crippen molar-refractivity contribution in [1.82, 2.24) is 5.32 Å². The maximum atomic E-state index is 12.5. The van der Waals surface area contributed by atoms with E-state index in [1.807, 2.05) is 0 Å². The lowest BCUT2D eigenvalue weighted by molar-refractivity contribution is -0.143. The number of aliphatic hydroxyl groups excluding tert-OH is 2. The molecule has 2 unspecified atom stereocenters. The van der Waals surface area contributed by atoms with E-state index in [9.17, 15) is 19.8 Å². The van der Waals surface area contributed by atoms with E-state index in [-0.39, 0.29) is 18.5 Å². The normalized spacial score (nSPS) is 12.6. The lowest BCUT2D eigenvalue weighted by atomic mass is 10.0. The molecule has 0 saturated carbocycles. The molecule has 6 nitrogen and oxygen atoms in total. The number of carbonyl (C=O) groups excluding carboxylic acids is 2. The minimum atomic E-state index is -0.659. The zero-order valence-corrected chi connectivity index (χ0v) is 52.9. The first-order chi connectivity index (χ1) is 38.5. The Morgan fingerprint density at radius 3 is 0.923 bits per heavy atom. The van der Waals surface area contributed by atoms with Crippen LogP contribution in [0.1, 0.15) is 399 Å². The number of amides is 1. The molecule has 0 aliphatic heterocycles. The number of ether oxygens (including phenoxy) is 1. The van der Waals surface area contributed by atoms with Crippen LogP contribution < -0.4 is 5.32 Å². The molecule has 0 aromatic heterocycles. The van der Waals surface area contributed by atoms with Gasteiger partial charge in [-0.1, -0.05) is 334 Å². The summed E-state index contributed by atoms with van der Waals surface area (Å²) in [4.78, 5) is 24.5. The van der Waals surface area contributed by atoms with E-state index in [2.05, 4.69) is 43.5 Å². The fourth-order valence-corrected chi connectivity index (χ4v) is 11.3. The lowest BCUT2D eigenvalue weighted by Crippen LogP contribution is -2.45. The third kappa shape index (κ3) is 63.5. The van der Waals surface area contributed by atoms with Gasteiger partial charge in [0.15, 0.2) is 0 Å². The molecule has 0 aromatic carbocycles. The second-order valence-corrected chi connectivity index (χ2v) is 24.6. The fraction of sp³-hybridized carbons (Fsp3) is 0.917. The number of hydrogen-bond donors (Lipinski definition) is 3. The number of unbranched alkanes of at least 4 members (excludes halogenated alkanes) is 52. The number of esters is 1. The highest BCUT2D eigenvalue weighted by Gasteiger charge is 2.20. The zero-order valence-electron chi connectivity index (χ0n) is 52.9. The van der Waals surface area contributed by atoms with Gasteiger partial charge in [0, 0.05) is 12.8 Å². The molecule has 0 aliphatic carbocycles. The summed E-state index contributed by atoms with van der Waals surface area (Å²) >= 11 is 0. The largest absolute Gasteiger partial charge is 0.466 e. The Bertz CT molecular complexity index is 1220.